The van der Waals surface area contributed by atoms with E-state index < -0.39 is 61.3 Å². The number of rotatable bonds is 11. The van der Waals surface area contributed by atoms with E-state index in [0.717, 1.165) is 28.7 Å². The van der Waals surface area contributed by atoms with Crippen LogP contribution >= 0.6 is 0 Å². The molecule has 1 fully saturated rings. The number of ether oxygens (including phenoxy) is 4. The first kappa shape index (κ1) is 53.5. The van der Waals surface area contributed by atoms with Gasteiger partial charge in [-0.3, -0.25) is 4.79 Å². The Labute approximate surface area is 465 Å². The molecule has 12 heteroatoms. The molecule has 13 rings (SSSR count). The highest BCUT2D eigenvalue weighted by molar-refractivity contribution is 5.90. The first-order valence-corrected chi connectivity index (χ1v) is 28.3. The fourth-order valence-corrected chi connectivity index (χ4v) is 14.6. The lowest BCUT2D eigenvalue weighted by Crippen LogP contribution is -2.61. The van der Waals surface area contributed by atoms with Crippen molar-refractivity contribution < 1.29 is 53.4 Å². The van der Waals surface area contributed by atoms with Gasteiger partial charge in [-0.25, -0.2) is 9.59 Å². The SMILES string of the molecule is CC(CO)=C1CCc2ccc(cc2)C2C=CC(c3cccc(Cc4ccccc4)c3)CC2CC(=O)OC2c3c(ccc4c(CO)c(C(CCO)COCO)c(=O)oc34)OC3(CC=CC4C5C=Cc6ccccc6C5CC43)C2OC1=O. The highest BCUT2D eigenvalue weighted by Gasteiger charge is 2.64. The van der Waals surface area contributed by atoms with E-state index in [4.69, 9.17) is 23.4 Å². The van der Waals surface area contributed by atoms with Crippen molar-refractivity contribution >= 4 is 29.0 Å². The van der Waals surface area contributed by atoms with Crippen molar-refractivity contribution in [2.24, 2.45) is 23.7 Å². The van der Waals surface area contributed by atoms with Crippen LogP contribution in [0.2, 0.25) is 0 Å². The van der Waals surface area contributed by atoms with Crippen LogP contribution in [0.4, 0.5) is 0 Å². The minimum absolute atomic E-state index is 0.00940. The molecule has 412 valence electrons. The van der Waals surface area contributed by atoms with E-state index in [1.54, 1.807) is 19.1 Å². The van der Waals surface area contributed by atoms with E-state index in [0.29, 0.717) is 35.8 Å². The summed E-state index contributed by atoms with van der Waals surface area (Å²) in [6.45, 7) is -0.371. The number of benzene rings is 5. The van der Waals surface area contributed by atoms with E-state index in [1.807, 2.05) is 12.1 Å². The second-order valence-corrected chi connectivity index (χ2v) is 22.8. The van der Waals surface area contributed by atoms with Crippen molar-refractivity contribution in [3.05, 3.63) is 223 Å². The fourth-order valence-electron chi connectivity index (χ4n) is 14.6. The highest BCUT2D eigenvalue weighted by Crippen LogP contribution is 2.62. The molecule has 2 bridgehead atoms. The van der Waals surface area contributed by atoms with E-state index in [1.165, 1.54) is 16.7 Å². The number of esters is 2. The van der Waals surface area contributed by atoms with Gasteiger partial charge in [0.2, 0.25) is 0 Å². The molecule has 0 saturated heterocycles. The molecule has 7 aliphatic rings. The molecule has 5 aromatic carbocycles. The van der Waals surface area contributed by atoms with Crippen molar-refractivity contribution in [2.75, 3.05) is 26.6 Å². The summed E-state index contributed by atoms with van der Waals surface area (Å²) < 4.78 is 33.4. The molecule has 11 unspecified atom stereocenters. The first-order chi connectivity index (χ1) is 39.1. The van der Waals surface area contributed by atoms with Crippen LogP contribution in [-0.2, 0) is 43.2 Å². The van der Waals surface area contributed by atoms with Crippen LogP contribution in [0.25, 0.3) is 17.0 Å². The van der Waals surface area contributed by atoms with Crippen molar-refractivity contribution in [2.45, 2.75) is 106 Å². The van der Waals surface area contributed by atoms with E-state index in [2.05, 4.69) is 127 Å². The monoisotopic (exact) mass is 1080 g/mol. The standard InChI is InChI=1S/C68H68O12/c1-40(36-70)50-23-18-41-16-19-45(20-17-41)51-24-22-47(46-13-7-11-43(32-46)31-42-9-3-2-4-10-42)33-49(51)34-60(73)77-64-62-59(27-26-55-57(37-71)61(67(75)78-63(55)62)48(28-30-69)38-76-39-72)80-68(65(64)79-66(50)74)29-8-15-54-53-25-21-44-12-5-6-14-52(44)56(53)35-58(54)68/h2-17,19-22,24-27,32,47-49,51,53-54,56,58,64-65,69-72H,18,23,28-31,33-39H2,1H3. The number of carbonyl (C=O) groups excluding carboxylic acids is 2. The van der Waals surface area contributed by atoms with Crippen LogP contribution < -0.4 is 10.4 Å². The largest absolute Gasteiger partial charge is 0.482 e. The molecule has 4 aliphatic carbocycles. The van der Waals surface area contributed by atoms with Crippen LogP contribution in [0.5, 0.6) is 5.75 Å². The van der Waals surface area contributed by atoms with E-state index >= 15 is 9.59 Å². The fraction of sp³-hybridized carbons (Fsp3) is 0.368. The Hall–Kier alpha value is -7.19. The Balaban J connectivity index is 1.02. The van der Waals surface area contributed by atoms with Gasteiger partial charge in [0.15, 0.2) is 17.8 Å². The van der Waals surface area contributed by atoms with Gasteiger partial charge in [0, 0.05) is 59.6 Å². The third-order valence-electron chi connectivity index (χ3n) is 18.4. The van der Waals surface area contributed by atoms with Gasteiger partial charge < -0.3 is 43.8 Å². The normalized spacial score (nSPS) is 27.7. The second-order valence-electron chi connectivity index (χ2n) is 22.8. The average molecular weight is 1080 g/mol. The molecule has 0 amide bonds. The molecule has 4 N–H and O–H groups in total. The number of allylic oxidation sites excluding steroid dienone is 4. The number of carbonyl (C=O) groups is 2. The summed E-state index contributed by atoms with van der Waals surface area (Å²) >= 11 is 0. The van der Waals surface area contributed by atoms with Crippen molar-refractivity contribution in [1.82, 2.24) is 0 Å². The summed E-state index contributed by atoms with van der Waals surface area (Å²) in [4.78, 5) is 45.7. The maximum atomic E-state index is 15.7. The van der Waals surface area contributed by atoms with Gasteiger partial charge in [0.1, 0.15) is 18.1 Å². The predicted molar refractivity (Wildman–Crippen MR) is 303 cm³/mol. The Kier molecular flexibility index (Phi) is 15.2. The van der Waals surface area contributed by atoms with Crippen LogP contribution in [0, 0.1) is 23.7 Å². The van der Waals surface area contributed by atoms with E-state index in [-0.39, 0.29) is 108 Å². The lowest BCUT2D eigenvalue weighted by atomic mass is 9.66. The molecule has 12 nitrogen and oxygen atoms in total. The number of fused-ring (bicyclic) bond motifs is 17. The Morgan fingerprint density at radius 2 is 1.60 bits per heavy atom. The van der Waals surface area contributed by atoms with Gasteiger partial charge in [-0.1, -0.05) is 140 Å². The van der Waals surface area contributed by atoms with E-state index in [9.17, 15) is 25.2 Å². The Bertz CT molecular complexity index is 3480. The summed E-state index contributed by atoms with van der Waals surface area (Å²) in [6, 6.07) is 39.3. The van der Waals surface area contributed by atoms with Gasteiger partial charge >= 0.3 is 17.6 Å². The van der Waals surface area contributed by atoms with Crippen LogP contribution in [0.3, 0.4) is 0 Å². The number of aliphatic hydroxyl groups excluding tert-OH is 4. The van der Waals surface area contributed by atoms with Crippen molar-refractivity contribution in [3.63, 3.8) is 0 Å². The van der Waals surface area contributed by atoms with Crippen molar-refractivity contribution in [1.29, 1.82) is 0 Å². The highest BCUT2D eigenvalue weighted by atomic mass is 16.6. The quantitative estimate of drug-likeness (QED) is 0.0317. The van der Waals surface area contributed by atoms with Gasteiger partial charge in [0.05, 0.1) is 25.4 Å². The smallest absolute Gasteiger partial charge is 0.340 e. The Morgan fingerprint density at radius 1 is 0.787 bits per heavy atom. The molecule has 1 spiro atoms. The number of hydrogen-bond donors (Lipinski definition) is 4. The second kappa shape index (κ2) is 22.7. The molecular formula is C68H68O12. The van der Waals surface area contributed by atoms with Crippen LogP contribution in [0.1, 0.15) is 131 Å². The number of aliphatic hydroxyl groups is 4. The van der Waals surface area contributed by atoms with Crippen LogP contribution in [-0.4, -0.2) is 70.7 Å². The summed E-state index contributed by atoms with van der Waals surface area (Å²) in [5, 5.41) is 42.1. The van der Waals surface area contributed by atoms with Gasteiger partial charge in [-0.2, -0.15) is 0 Å². The maximum absolute atomic E-state index is 15.7. The molecule has 6 aromatic rings. The van der Waals surface area contributed by atoms with Gasteiger partial charge in [-0.15, -0.1) is 0 Å². The molecule has 1 aromatic heterocycles. The van der Waals surface area contributed by atoms with Gasteiger partial charge in [0.25, 0.3) is 0 Å². The molecule has 1 saturated carbocycles. The zero-order valence-electron chi connectivity index (χ0n) is 45.0. The first-order valence-electron chi connectivity index (χ1n) is 28.3. The Morgan fingerprint density at radius 3 is 2.40 bits per heavy atom. The third kappa shape index (κ3) is 9.89. The molecule has 80 heavy (non-hydrogen) atoms. The van der Waals surface area contributed by atoms with Crippen LogP contribution in [0.15, 0.2) is 166 Å². The molecule has 3 aliphatic heterocycles. The van der Waals surface area contributed by atoms with Gasteiger partial charge in [-0.05, 0) is 131 Å². The number of hydrogen-bond acceptors (Lipinski definition) is 12. The summed E-state index contributed by atoms with van der Waals surface area (Å²) in [7, 11) is 0. The topological polar surface area (TPSA) is 182 Å². The summed E-state index contributed by atoms with van der Waals surface area (Å²) in [5.74, 6) is -2.30. The third-order valence-corrected chi connectivity index (χ3v) is 18.4. The minimum Gasteiger partial charge on any atom is -0.482 e. The molecule has 4 heterocycles. The summed E-state index contributed by atoms with van der Waals surface area (Å²) in [5.41, 5.74) is 7.02. The minimum atomic E-state index is -1.41. The number of aryl methyl sites for hydroxylation is 1. The zero-order valence-corrected chi connectivity index (χ0v) is 45.0. The van der Waals surface area contributed by atoms with Crippen molar-refractivity contribution in [3.8, 4) is 5.75 Å². The molecular weight excluding hydrogens is 1010 g/mol. The maximum Gasteiger partial charge on any atom is 0.340 e. The summed E-state index contributed by atoms with van der Waals surface area (Å²) in [6.07, 6.45) is 13.7. The molecule has 0 radical (unpaired) electrons. The zero-order chi connectivity index (χ0) is 55.1. The lowest BCUT2D eigenvalue weighted by molar-refractivity contribution is -0.205. The molecule has 11 atom stereocenters. The average Bonchev–Trinajstić information content (AvgIpc) is 4.07. The lowest BCUT2D eigenvalue weighted by Gasteiger charge is -2.52. The predicted octanol–water partition coefficient (Wildman–Crippen LogP) is 10.7.